The van der Waals surface area contributed by atoms with Gasteiger partial charge in [-0.2, -0.15) is 0 Å². The number of hydrogen-bond donors (Lipinski definition) is 2. The van der Waals surface area contributed by atoms with Crippen LogP contribution in [-0.2, 0) is 6.42 Å². The van der Waals surface area contributed by atoms with Crippen molar-refractivity contribution in [3.8, 4) is 45.1 Å². The van der Waals surface area contributed by atoms with Crippen molar-refractivity contribution < 1.29 is 10.2 Å². The highest BCUT2D eigenvalue weighted by Gasteiger charge is 2.26. The zero-order valence-electron chi connectivity index (χ0n) is 14.9. The van der Waals surface area contributed by atoms with Crippen LogP contribution < -0.4 is 0 Å². The zero-order chi connectivity index (χ0) is 19.3. The van der Waals surface area contributed by atoms with Crippen LogP contribution >= 0.6 is 11.6 Å². The Labute approximate surface area is 167 Å². The maximum atomic E-state index is 10.4. The molecule has 28 heavy (non-hydrogen) atoms. The van der Waals surface area contributed by atoms with Gasteiger partial charge in [0, 0.05) is 28.1 Å². The minimum Gasteiger partial charge on any atom is -0.508 e. The topological polar surface area (TPSA) is 53.4 Å². The molecule has 0 bridgehead atoms. The van der Waals surface area contributed by atoms with Crippen molar-refractivity contribution >= 4 is 11.6 Å². The Bertz CT molecular complexity index is 1230. The summed E-state index contributed by atoms with van der Waals surface area (Å²) in [5.41, 5.74) is 7.25. The second-order valence-electron chi connectivity index (χ2n) is 6.90. The maximum Gasteiger partial charge on any atom is 0.124 e. The highest BCUT2D eigenvalue weighted by molar-refractivity contribution is 6.33. The Morgan fingerprint density at radius 3 is 2.29 bits per heavy atom. The van der Waals surface area contributed by atoms with Crippen LogP contribution in [0.2, 0.25) is 5.02 Å². The van der Waals surface area contributed by atoms with Crippen LogP contribution in [0.3, 0.4) is 0 Å². The number of aromatic nitrogens is 1. The second kappa shape index (κ2) is 6.39. The summed E-state index contributed by atoms with van der Waals surface area (Å²) in [7, 11) is 0. The van der Waals surface area contributed by atoms with Crippen LogP contribution in [-0.4, -0.2) is 15.2 Å². The summed E-state index contributed by atoms with van der Waals surface area (Å²) in [5, 5.41) is 20.9. The minimum absolute atomic E-state index is 0.184. The Kier molecular flexibility index (Phi) is 3.85. The van der Waals surface area contributed by atoms with Gasteiger partial charge in [0.2, 0.25) is 0 Å². The van der Waals surface area contributed by atoms with E-state index in [9.17, 15) is 10.2 Å². The average molecular weight is 386 g/mol. The van der Waals surface area contributed by atoms with Crippen molar-refractivity contribution in [3.63, 3.8) is 0 Å². The van der Waals surface area contributed by atoms with Crippen molar-refractivity contribution in [1.29, 1.82) is 0 Å². The van der Waals surface area contributed by atoms with Gasteiger partial charge in [-0.15, -0.1) is 0 Å². The molecule has 0 spiro atoms. The monoisotopic (exact) mass is 385 g/mol. The van der Waals surface area contributed by atoms with Crippen LogP contribution in [0.1, 0.15) is 11.1 Å². The number of phenols is 2. The first-order chi connectivity index (χ1) is 13.6. The first kappa shape index (κ1) is 16.8. The summed E-state index contributed by atoms with van der Waals surface area (Å²) >= 11 is 6.52. The molecule has 0 saturated heterocycles. The van der Waals surface area contributed by atoms with Gasteiger partial charge in [-0.1, -0.05) is 41.9 Å². The van der Waals surface area contributed by atoms with Gasteiger partial charge in [-0.3, -0.25) is 0 Å². The van der Waals surface area contributed by atoms with Crippen LogP contribution in [0.15, 0.2) is 72.8 Å². The van der Waals surface area contributed by atoms with E-state index in [1.807, 2.05) is 48.5 Å². The van der Waals surface area contributed by atoms with Crippen molar-refractivity contribution in [1.82, 2.24) is 4.98 Å². The summed E-state index contributed by atoms with van der Waals surface area (Å²) in [5.74, 6) is 0.427. The number of pyridine rings is 1. The number of hydrogen-bond acceptors (Lipinski definition) is 3. The highest BCUT2D eigenvalue weighted by Crippen LogP contribution is 2.45. The Hall–Kier alpha value is -3.30. The molecule has 0 radical (unpaired) electrons. The van der Waals surface area contributed by atoms with Crippen LogP contribution in [0.5, 0.6) is 11.5 Å². The van der Waals surface area contributed by atoms with E-state index >= 15 is 0 Å². The van der Waals surface area contributed by atoms with E-state index in [2.05, 4.69) is 0 Å². The lowest BCUT2D eigenvalue weighted by Crippen LogP contribution is -1.95. The van der Waals surface area contributed by atoms with E-state index in [0.717, 1.165) is 33.5 Å². The lowest BCUT2D eigenvalue weighted by atomic mass is 9.96. The molecule has 0 atom stereocenters. The van der Waals surface area contributed by atoms with Crippen LogP contribution in [0.4, 0.5) is 0 Å². The van der Waals surface area contributed by atoms with Crippen LogP contribution in [0, 0.1) is 0 Å². The standard InChI is InChI=1S/C24H16ClNO2/c25-21-7-3-1-5-17(21)19-13-22(18-6-2-4-8-23(18)28)26-24-16-10-9-15(27)11-14(16)12-20(19)24/h1-11,13,27-28H,12H2. The average Bonchev–Trinajstić information content (AvgIpc) is 3.05. The first-order valence-electron chi connectivity index (χ1n) is 9.01. The fourth-order valence-corrected chi connectivity index (χ4v) is 4.11. The van der Waals surface area contributed by atoms with Crippen LogP contribution in [0.25, 0.3) is 33.6 Å². The van der Waals surface area contributed by atoms with E-state index in [-0.39, 0.29) is 11.5 Å². The fourth-order valence-electron chi connectivity index (χ4n) is 3.87. The maximum absolute atomic E-state index is 10.4. The van der Waals surface area contributed by atoms with Crippen molar-refractivity contribution in [2.45, 2.75) is 6.42 Å². The molecule has 0 amide bonds. The molecule has 1 aliphatic rings. The van der Waals surface area contributed by atoms with Crippen molar-refractivity contribution in [2.75, 3.05) is 0 Å². The van der Waals surface area contributed by atoms with E-state index in [0.29, 0.717) is 22.7 Å². The Balaban J connectivity index is 1.82. The smallest absolute Gasteiger partial charge is 0.124 e. The molecule has 0 saturated carbocycles. The van der Waals surface area contributed by atoms with Gasteiger partial charge >= 0.3 is 0 Å². The zero-order valence-corrected chi connectivity index (χ0v) is 15.6. The van der Waals surface area contributed by atoms with Crippen molar-refractivity contribution in [2.24, 2.45) is 0 Å². The first-order valence-corrected chi connectivity index (χ1v) is 9.39. The third-order valence-electron chi connectivity index (χ3n) is 5.18. The lowest BCUT2D eigenvalue weighted by molar-refractivity contribution is 0.475. The molecule has 3 aromatic carbocycles. The molecule has 1 aliphatic carbocycles. The quantitative estimate of drug-likeness (QED) is 0.389. The van der Waals surface area contributed by atoms with Gasteiger partial charge in [0.05, 0.1) is 11.4 Å². The second-order valence-corrected chi connectivity index (χ2v) is 7.30. The molecule has 4 aromatic rings. The number of aromatic hydroxyl groups is 2. The van der Waals surface area contributed by atoms with Gasteiger partial charge in [0.1, 0.15) is 11.5 Å². The molecule has 5 rings (SSSR count). The molecule has 0 unspecified atom stereocenters. The van der Waals surface area contributed by atoms with E-state index in [1.54, 1.807) is 24.3 Å². The summed E-state index contributed by atoms with van der Waals surface area (Å²) in [6, 6.07) is 22.3. The molecule has 3 nitrogen and oxygen atoms in total. The van der Waals surface area contributed by atoms with Gasteiger partial charge < -0.3 is 10.2 Å². The number of para-hydroxylation sites is 1. The van der Waals surface area contributed by atoms with Crippen molar-refractivity contribution in [3.05, 3.63) is 88.9 Å². The number of phenolic OH excluding ortho intramolecular Hbond substituents is 2. The number of halogens is 1. The van der Waals surface area contributed by atoms with E-state index in [4.69, 9.17) is 16.6 Å². The van der Waals surface area contributed by atoms with Gasteiger partial charge in [-0.05, 0) is 59.2 Å². The predicted octanol–water partition coefficient (Wildman–Crippen LogP) is 6.05. The molecular formula is C24H16ClNO2. The van der Waals surface area contributed by atoms with E-state index < -0.39 is 0 Å². The Morgan fingerprint density at radius 1 is 0.750 bits per heavy atom. The Morgan fingerprint density at radius 2 is 1.50 bits per heavy atom. The molecule has 1 heterocycles. The third-order valence-corrected chi connectivity index (χ3v) is 5.51. The highest BCUT2D eigenvalue weighted by atomic mass is 35.5. The largest absolute Gasteiger partial charge is 0.508 e. The molecule has 2 N–H and O–H groups in total. The normalized spacial score (nSPS) is 11.9. The third kappa shape index (κ3) is 2.63. The van der Waals surface area contributed by atoms with Gasteiger partial charge in [0.25, 0.3) is 0 Å². The summed E-state index contributed by atoms with van der Waals surface area (Å²) in [6.07, 6.45) is 0.674. The summed E-state index contributed by atoms with van der Waals surface area (Å²) in [6.45, 7) is 0. The summed E-state index contributed by atoms with van der Waals surface area (Å²) in [4.78, 5) is 4.89. The predicted molar refractivity (Wildman–Crippen MR) is 112 cm³/mol. The molecule has 136 valence electrons. The molecule has 0 fully saturated rings. The number of rotatable bonds is 2. The molecule has 1 aromatic heterocycles. The number of benzene rings is 3. The number of fused-ring (bicyclic) bond motifs is 3. The lowest BCUT2D eigenvalue weighted by Gasteiger charge is -2.14. The minimum atomic E-state index is 0.184. The molecule has 0 aliphatic heterocycles. The van der Waals surface area contributed by atoms with E-state index in [1.165, 1.54) is 0 Å². The van der Waals surface area contributed by atoms with Gasteiger partial charge in [0.15, 0.2) is 0 Å². The van der Waals surface area contributed by atoms with Gasteiger partial charge in [-0.25, -0.2) is 4.98 Å². The SMILES string of the molecule is Oc1ccc2c(c1)Cc1c(-c3ccccc3Cl)cc(-c3ccccc3O)nc1-2. The number of nitrogens with zero attached hydrogens (tertiary/aromatic N) is 1. The fraction of sp³-hybridized carbons (Fsp3) is 0.0417. The summed E-state index contributed by atoms with van der Waals surface area (Å²) < 4.78 is 0. The molecule has 4 heteroatoms. The molecular weight excluding hydrogens is 370 g/mol.